The molecular weight excluding hydrogens is 600 g/mol. The van der Waals surface area contributed by atoms with Crippen molar-refractivity contribution in [1.82, 2.24) is 4.90 Å². The van der Waals surface area contributed by atoms with Gasteiger partial charge in [0, 0.05) is 17.2 Å². The van der Waals surface area contributed by atoms with E-state index in [1.807, 2.05) is 0 Å². The van der Waals surface area contributed by atoms with Crippen LogP contribution in [0.25, 0.3) is 6.08 Å². The van der Waals surface area contributed by atoms with Crippen LogP contribution in [-0.4, -0.2) is 33.5 Å². The highest BCUT2D eigenvalue weighted by atomic mass is 79.9. The van der Waals surface area contributed by atoms with E-state index < -0.39 is 22.0 Å². The minimum absolute atomic E-state index is 0.0215. The molecule has 3 aromatic carbocycles. The molecule has 194 valence electrons. The van der Waals surface area contributed by atoms with Gasteiger partial charge in [-0.05, 0) is 82.2 Å². The third-order valence-corrected chi connectivity index (χ3v) is 6.98. The molecular formula is C26H18BrClN2O7S. The molecule has 0 bridgehead atoms. The number of benzene rings is 3. The Bertz CT molecular complexity index is 1480. The first-order valence-corrected chi connectivity index (χ1v) is 13.1. The van der Waals surface area contributed by atoms with E-state index in [0.717, 1.165) is 16.7 Å². The van der Waals surface area contributed by atoms with Crippen LogP contribution < -0.4 is 9.47 Å². The van der Waals surface area contributed by atoms with Gasteiger partial charge in [0.1, 0.15) is 0 Å². The molecule has 3 aromatic rings. The fraction of sp³-hybridized carbons (Fsp3) is 0.115. The summed E-state index contributed by atoms with van der Waals surface area (Å²) in [6, 6.07) is 15.2. The zero-order valence-electron chi connectivity index (χ0n) is 19.7. The number of rotatable bonds is 8. The van der Waals surface area contributed by atoms with E-state index in [9.17, 15) is 24.5 Å². The predicted octanol–water partition coefficient (Wildman–Crippen LogP) is 6.87. The van der Waals surface area contributed by atoms with Gasteiger partial charge in [-0.25, -0.2) is 4.79 Å². The number of nitro benzene ring substituents is 1. The number of ether oxygens (including phenoxy) is 2. The molecule has 0 N–H and O–H groups in total. The second-order valence-electron chi connectivity index (χ2n) is 7.85. The van der Waals surface area contributed by atoms with Crippen LogP contribution in [0.4, 0.5) is 10.5 Å². The molecule has 1 aliphatic heterocycles. The lowest BCUT2D eigenvalue weighted by Crippen LogP contribution is -2.27. The van der Waals surface area contributed by atoms with Gasteiger partial charge in [0.25, 0.3) is 16.8 Å². The number of carbonyl (C=O) groups excluding carboxylic acids is 3. The summed E-state index contributed by atoms with van der Waals surface area (Å²) in [5.74, 6) is -0.716. The highest BCUT2D eigenvalue weighted by Crippen LogP contribution is 2.40. The maximum atomic E-state index is 13.0. The number of nitrogens with zero attached hydrogens (tertiary/aromatic N) is 2. The SMILES string of the molecule is CCOc1cc(/C=C2\SC(=O)N(Cc3ccc([N+](=O)[O-])cc3)C2=O)cc(Br)c1OC(=O)c1cccc(Cl)c1. The van der Waals surface area contributed by atoms with Crippen LogP contribution in [0.1, 0.15) is 28.4 Å². The molecule has 4 rings (SSSR count). The molecule has 1 fully saturated rings. The molecule has 0 saturated carbocycles. The quantitative estimate of drug-likeness (QED) is 0.0885. The van der Waals surface area contributed by atoms with Gasteiger partial charge in [-0.1, -0.05) is 29.8 Å². The normalized spacial score (nSPS) is 14.2. The maximum absolute atomic E-state index is 13.0. The van der Waals surface area contributed by atoms with Gasteiger partial charge in [-0.2, -0.15) is 0 Å². The fourth-order valence-electron chi connectivity index (χ4n) is 3.49. The van der Waals surface area contributed by atoms with E-state index >= 15 is 0 Å². The third kappa shape index (κ3) is 6.24. The Balaban J connectivity index is 1.56. The molecule has 1 heterocycles. The lowest BCUT2D eigenvalue weighted by molar-refractivity contribution is -0.384. The summed E-state index contributed by atoms with van der Waals surface area (Å²) in [6.45, 7) is 2.03. The zero-order chi connectivity index (χ0) is 27.4. The molecule has 0 unspecified atom stereocenters. The average Bonchev–Trinajstić information content (AvgIpc) is 3.13. The number of non-ortho nitro benzene ring substituents is 1. The van der Waals surface area contributed by atoms with Crippen LogP contribution in [0, 0.1) is 10.1 Å². The second-order valence-corrected chi connectivity index (χ2v) is 10.1. The van der Waals surface area contributed by atoms with E-state index in [1.54, 1.807) is 37.3 Å². The molecule has 0 radical (unpaired) electrons. The molecule has 9 nitrogen and oxygen atoms in total. The highest BCUT2D eigenvalue weighted by molar-refractivity contribution is 9.10. The lowest BCUT2D eigenvalue weighted by Gasteiger charge is -2.14. The monoisotopic (exact) mass is 616 g/mol. The van der Waals surface area contributed by atoms with Gasteiger partial charge in [0.2, 0.25) is 0 Å². The Kier molecular flexibility index (Phi) is 8.50. The van der Waals surface area contributed by atoms with E-state index in [-0.39, 0.29) is 40.8 Å². The molecule has 1 aliphatic rings. The lowest BCUT2D eigenvalue weighted by atomic mass is 10.1. The minimum atomic E-state index is -0.630. The summed E-state index contributed by atoms with van der Waals surface area (Å²) in [5, 5.41) is 10.8. The fourth-order valence-corrected chi connectivity index (χ4v) is 5.06. The van der Waals surface area contributed by atoms with Crippen molar-refractivity contribution in [3.63, 3.8) is 0 Å². The average molecular weight is 618 g/mol. The number of esters is 1. The number of thioether (sulfide) groups is 1. The first kappa shape index (κ1) is 27.4. The Morgan fingerprint density at radius 1 is 1.16 bits per heavy atom. The van der Waals surface area contributed by atoms with Crippen molar-refractivity contribution in [2.45, 2.75) is 13.5 Å². The topological polar surface area (TPSA) is 116 Å². The van der Waals surface area contributed by atoms with Crippen molar-refractivity contribution in [2.75, 3.05) is 6.61 Å². The van der Waals surface area contributed by atoms with Gasteiger partial charge in [-0.3, -0.25) is 24.6 Å². The number of amides is 2. The van der Waals surface area contributed by atoms with Crippen molar-refractivity contribution in [1.29, 1.82) is 0 Å². The third-order valence-electron chi connectivity index (χ3n) is 5.25. The first-order chi connectivity index (χ1) is 18.2. The van der Waals surface area contributed by atoms with E-state index in [0.29, 0.717) is 20.6 Å². The smallest absolute Gasteiger partial charge is 0.343 e. The summed E-state index contributed by atoms with van der Waals surface area (Å²) >= 11 is 10.2. The predicted molar refractivity (Wildman–Crippen MR) is 146 cm³/mol. The van der Waals surface area contributed by atoms with Crippen LogP contribution >= 0.6 is 39.3 Å². The second kappa shape index (κ2) is 11.8. The van der Waals surface area contributed by atoms with E-state index in [2.05, 4.69) is 15.9 Å². The molecule has 1 saturated heterocycles. The van der Waals surface area contributed by atoms with Crippen molar-refractivity contribution in [3.8, 4) is 11.5 Å². The Labute approximate surface area is 234 Å². The number of hydrogen-bond donors (Lipinski definition) is 0. The molecule has 0 aromatic heterocycles. The maximum Gasteiger partial charge on any atom is 0.343 e. The highest BCUT2D eigenvalue weighted by Gasteiger charge is 2.35. The summed E-state index contributed by atoms with van der Waals surface area (Å²) in [4.78, 5) is 49.8. The Morgan fingerprint density at radius 2 is 1.89 bits per heavy atom. The first-order valence-electron chi connectivity index (χ1n) is 11.1. The molecule has 12 heteroatoms. The van der Waals surface area contributed by atoms with Crippen LogP contribution in [0.5, 0.6) is 11.5 Å². The summed E-state index contributed by atoms with van der Waals surface area (Å²) in [6.07, 6.45) is 1.54. The number of nitro groups is 1. The molecule has 0 aliphatic carbocycles. The van der Waals surface area contributed by atoms with Gasteiger partial charge < -0.3 is 9.47 Å². The zero-order valence-corrected chi connectivity index (χ0v) is 22.8. The minimum Gasteiger partial charge on any atom is -0.490 e. The molecule has 0 atom stereocenters. The van der Waals surface area contributed by atoms with Crippen molar-refractivity contribution in [2.24, 2.45) is 0 Å². The van der Waals surface area contributed by atoms with Crippen LogP contribution in [0.15, 0.2) is 70.0 Å². The number of halogens is 2. The molecule has 2 amide bonds. The largest absolute Gasteiger partial charge is 0.490 e. The Hall–Kier alpha value is -3.67. The van der Waals surface area contributed by atoms with Gasteiger partial charge in [-0.15, -0.1) is 0 Å². The van der Waals surface area contributed by atoms with Crippen molar-refractivity contribution in [3.05, 3.63) is 102 Å². The van der Waals surface area contributed by atoms with Crippen molar-refractivity contribution >= 4 is 68.2 Å². The van der Waals surface area contributed by atoms with Gasteiger partial charge in [0.15, 0.2) is 11.5 Å². The van der Waals surface area contributed by atoms with Crippen LogP contribution in [0.2, 0.25) is 5.02 Å². The summed E-state index contributed by atoms with van der Waals surface area (Å²) in [5.41, 5.74) is 1.29. The van der Waals surface area contributed by atoms with Crippen LogP contribution in [0.3, 0.4) is 0 Å². The molecule has 38 heavy (non-hydrogen) atoms. The van der Waals surface area contributed by atoms with Crippen LogP contribution in [-0.2, 0) is 11.3 Å². The number of hydrogen-bond acceptors (Lipinski definition) is 8. The summed E-state index contributed by atoms with van der Waals surface area (Å²) in [7, 11) is 0. The van der Waals surface area contributed by atoms with Crippen molar-refractivity contribution < 1.29 is 28.8 Å². The van der Waals surface area contributed by atoms with Gasteiger partial charge >= 0.3 is 5.97 Å². The summed E-state index contributed by atoms with van der Waals surface area (Å²) < 4.78 is 11.6. The number of imide groups is 1. The van der Waals surface area contributed by atoms with E-state index in [4.69, 9.17) is 21.1 Å². The number of carbonyl (C=O) groups is 3. The molecule has 0 spiro atoms. The standard InChI is InChI=1S/C26H18BrClN2O7S/c1-2-36-21-11-16(10-20(27)23(21)37-25(32)17-4-3-5-18(28)13-17)12-22-24(31)29(26(33)38-22)14-15-6-8-19(9-7-15)30(34)35/h3-13H,2,14H2,1H3/b22-12-. The van der Waals surface area contributed by atoms with Gasteiger partial charge in [0.05, 0.1) is 33.0 Å². The van der Waals surface area contributed by atoms with E-state index in [1.165, 1.54) is 36.4 Å². The Morgan fingerprint density at radius 3 is 2.55 bits per heavy atom.